The van der Waals surface area contributed by atoms with Gasteiger partial charge in [0.05, 0.1) is 11.3 Å². The highest BCUT2D eigenvalue weighted by Crippen LogP contribution is 2.28. The summed E-state index contributed by atoms with van der Waals surface area (Å²) in [6.45, 7) is 6.75. The lowest BCUT2D eigenvalue weighted by Crippen LogP contribution is -2.16. The average molecular weight is 352 g/mol. The van der Waals surface area contributed by atoms with Gasteiger partial charge < -0.3 is 5.11 Å². The normalized spacial score (nSPS) is 12.8. The van der Waals surface area contributed by atoms with Gasteiger partial charge in [0, 0.05) is 18.2 Å². The van der Waals surface area contributed by atoms with Crippen LogP contribution in [0.1, 0.15) is 40.9 Å². The molecule has 5 heteroatoms. The van der Waals surface area contributed by atoms with Crippen LogP contribution in [0.25, 0.3) is 0 Å². The number of hydrogen-bond donors (Lipinski definition) is 1. The Hall–Kier alpha value is -3.08. The maximum Gasteiger partial charge on any atom is 0.335 e. The van der Waals surface area contributed by atoms with Crippen LogP contribution in [-0.2, 0) is 5.67 Å². The van der Waals surface area contributed by atoms with Gasteiger partial charge in [-0.1, -0.05) is 43.0 Å². The van der Waals surface area contributed by atoms with Gasteiger partial charge in [-0.2, -0.15) is 0 Å². The first kappa shape index (κ1) is 19.2. The molecule has 0 spiro atoms. The van der Waals surface area contributed by atoms with Crippen LogP contribution < -0.4 is 0 Å². The van der Waals surface area contributed by atoms with Gasteiger partial charge in [-0.15, -0.1) is 0 Å². The number of carbonyl (C=O) groups is 1. The van der Waals surface area contributed by atoms with Gasteiger partial charge in [0.2, 0.25) is 0 Å². The third-order valence-corrected chi connectivity index (χ3v) is 3.84. The first-order valence-corrected chi connectivity index (χ1v) is 8.08. The van der Waals surface area contributed by atoms with Crippen molar-refractivity contribution in [1.82, 2.24) is 0 Å². The lowest BCUT2D eigenvalue weighted by molar-refractivity contribution is 0.0697. The molecule has 0 atom stereocenters. The van der Waals surface area contributed by atoms with Crippen molar-refractivity contribution in [3.05, 3.63) is 83.4 Å². The second-order valence-corrected chi connectivity index (χ2v) is 6.15. The maximum absolute atomic E-state index is 14.6. The minimum atomic E-state index is -1.55. The van der Waals surface area contributed by atoms with Crippen LogP contribution in [-0.4, -0.2) is 29.7 Å². The van der Waals surface area contributed by atoms with Crippen molar-refractivity contribution in [2.45, 2.75) is 19.5 Å². The highest BCUT2D eigenvalue weighted by atomic mass is 19.1. The number of allylic oxidation sites excluding steroid dienone is 1. The predicted octanol–water partition coefficient (Wildman–Crippen LogP) is 4.64. The summed E-state index contributed by atoms with van der Waals surface area (Å²) in [7, 11) is 1.57. The third kappa shape index (κ3) is 4.30. The first-order valence-electron chi connectivity index (χ1n) is 8.08. The zero-order chi connectivity index (χ0) is 19.3. The Morgan fingerprint density at radius 1 is 1.15 bits per heavy atom. The van der Waals surface area contributed by atoms with Crippen molar-refractivity contribution in [3.8, 4) is 0 Å². The van der Waals surface area contributed by atoms with E-state index >= 15 is 0 Å². The van der Waals surface area contributed by atoms with E-state index in [1.54, 1.807) is 43.4 Å². The summed E-state index contributed by atoms with van der Waals surface area (Å²) < 4.78 is 14.6. The molecule has 26 heavy (non-hydrogen) atoms. The van der Waals surface area contributed by atoms with Crippen molar-refractivity contribution in [3.63, 3.8) is 0 Å². The molecule has 0 radical (unpaired) electrons. The van der Waals surface area contributed by atoms with Gasteiger partial charge in [-0.3, -0.25) is 4.99 Å². The second-order valence-electron chi connectivity index (χ2n) is 6.15. The van der Waals surface area contributed by atoms with Gasteiger partial charge >= 0.3 is 5.97 Å². The molecule has 0 aliphatic carbocycles. The highest BCUT2D eigenvalue weighted by Gasteiger charge is 2.23. The first-order chi connectivity index (χ1) is 12.3. The van der Waals surface area contributed by atoms with E-state index in [-0.39, 0.29) is 5.56 Å². The molecule has 0 amide bonds. The molecule has 0 saturated heterocycles. The zero-order valence-electron chi connectivity index (χ0n) is 15.0. The van der Waals surface area contributed by atoms with Crippen LogP contribution in [0.15, 0.2) is 71.2 Å². The minimum Gasteiger partial charge on any atom is -0.478 e. The van der Waals surface area contributed by atoms with Crippen LogP contribution in [0.3, 0.4) is 0 Å². The Balaban J connectivity index is 2.57. The Labute approximate surface area is 152 Å². The van der Waals surface area contributed by atoms with Crippen LogP contribution in [0.2, 0.25) is 0 Å². The Morgan fingerprint density at radius 3 is 2.38 bits per heavy atom. The molecule has 0 heterocycles. The average Bonchev–Trinajstić information content (AvgIpc) is 2.62. The van der Waals surface area contributed by atoms with E-state index in [1.165, 1.54) is 32.1 Å². The van der Waals surface area contributed by atoms with Crippen molar-refractivity contribution < 1.29 is 14.3 Å². The predicted molar refractivity (Wildman–Crippen MR) is 103 cm³/mol. The molecule has 0 aliphatic rings. The quantitative estimate of drug-likeness (QED) is 0.629. The molecular formula is C21H21FN2O2. The lowest BCUT2D eigenvalue weighted by Gasteiger charge is -2.19. The number of aromatic carboxylic acids is 1. The molecule has 0 aliphatic heterocycles. The van der Waals surface area contributed by atoms with E-state index < -0.39 is 11.6 Å². The SMILES string of the molecule is C=CC(=NC(=NC)c1cccc(C(=O)O)c1)c1ccccc1C(C)(C)F. The van der Waals surface area contributed by atoms with Crippen molar-refractivity contribution >= 4 is 17.5 Å². The molecule has 0 fully saturated rings. The van der Waals surface area contributed by atoms with Gasteiger partial charge in [-0.05, 0) is 37.6 Å². The van der Waals surface area contributed by atoms with Crippen LogP contribution >= 0.6 is 0 Å². The molecule has 134 valence electrons. The van der Waals surface area contributed by atoms with Crippen molar-refractivity contribution in [2.24, 2.45) is 9.98 Å². The third-order valence-electron chi connectivity index (χ3n) is 3.84. The monoisotopic (exact) mass is 352 g/mol. The molecule has 2 aromatic rings. The number of benzene rings is 2. The molecular weight excluding hydrogens is 331 g/mol. The van der Waals surface area contributed by atoms with E-state index in [4.69, 9.17) is 5.11 Å². The molecule has 0 saturated carbocycles. The van der Waals surface area contributed by atoms with Crippen molar-refractivity contribution in [2.75, 3.05) is 7.05 Å². The molecule has 2 aromatic carbocycles. The minimum absolute atomic E-state index is 0.143. The summed E-state index contributed by atoms with van der Waals surface area (Å²) >= 11 is 0. The van der Waals surface area contributed by atoms with Crippen LogP contribution in [0.5, 0.6) is 0 Å². The summed E-state index contributed by atoms with van der Waals surface area (Å²) in [5.74, 6) is -0.686. The molecule has 1 N–H and O–H groups in total. The fourth-order valence-corrected chi connectivity index (χ4v) is 2.59. The van der Waals surface area contributed by atoms with Gasteiger partial charge in [0.1, 0.15) is 5.67 Å². The molecule has 0 bridgehead atoms. The smallest absolute Gasteiger partial charge is 0.335 e. The standard InChI is InChI=1S/C21H21FN2O2/c1-5-18(16-11-6-7-12-17(16)21(2,3)22)24-19(23-4)14-9-8-10-15(13-14)20(25)26/h5-13H,1H2,2-4H3,(H,25,26). The summed E-state index contributed by atoms with van der Waals surface area (Å²) in [5.41, 5.74) is 0.729. The summed E-state index contributed by atoms with van der Waals surface area (Å²) in [6, 6.07) is 13.4. The second kappa shape index (κ2) is 7.87. The number of amidine groups is 1. The zero-order valence-corrected chi connectivity index (χ0v) is 15.0. The molecule has 0 aromatic heterocycles. The van der Waals surface area contributed by atoms with Gasteiger partial charge in [-0.25, -0.2) is 14.2 Å². The fraction of sp³-hybridized carbons (Fsp3) is 0.190. The largest absolute Gasteiger partial charge is 0.478 e. The van der Waals surface area contributed by atoms with E-state index in [9.17, 15) is 9.18 Å². The lowest BCUT2D eigenvalue weighted by atomic mass is 9.92. The summed E-state index contributed by atoms with van der Waals surface area (Å²) in [5, 5.41) is 9.16. The van der Waals surface area contributed by atoms with E-state index in [1.807, 2.05) is 0 Å². The number of carboxylic acids is 1. The van der Waals surface area contributed by atoms with E-state index in [0.717, 1.165) is 0 Å². The number of aliphatic imine (C=N–C) groups is 2. The number of hydrogen-bond acceptors (Lipinski definition) is 2. The topological polar surface area (TPSA) is 62.0 Å². The Kier molecular flexibility index (Phi) is 5.82. The van der Waals surface area contributed by atoms with Gasteiger partial charge in [0.25, 0.3) is 0 Å². The molecule has 2 rings (SSSR count). The Morgan fingerprint density at radius 2 is 1.81 bits per heavy atom. The molecule has 0 unspecified atom stereocenters. The van der Waals surface area contributed by atoms with Crippen LogP contribution in [0.4, 0.5) is 4.39 Å². The number of nitrogens with zero attached hydrogens (tertiary/aromatic N) is 2. The van der Waals surface area contributed by atoms with E-state index in [2.05, 4.69) is 16.6 Å². The van der Waals surface area contributed by atoms with Gasteiger partial charge in [0.15, 0.2) is 5.84 Å². The Bertz CT molecular complexity index is 893. The number of halogens is 1. The number of alkyl halides is 1. The number of rotatable bonds is 5. The summed E-state index contributed by atoms with van der Waals surface area (Å²) in [6.07, 6.45) is 1.54. The summed E-state index contributed by atoms with van der Waals surface area (Å²) in [4.78, 5) is 19.9. The highest BCUT2D eigenvalue weighted by molar-refractivity contribution is 6.17. The number of carboxylic acid groups (broad SMARTS) is 1. The van der Waals surface area contributed by atoms with E-state index in [0.29, 0.717) is 28.2 Å². The maximum atomic E-state index is 14.6. The van der Waals surface area contributed by atoms with Crippen molar-refractivity contribution in [1.29, 1.82) is 0 Å². The molecule has 4 nitrogen and oxygen atoms in total. The van der Waals surface area contributed by atoms with Crippen LogP contribution in [0, 0.1) is 0 Å². The fourth-order valence-electron chi connectivity index (χ4n) is 2.59.